The van der Waals surface area contributed by atoms with Crippen molar-refractivity contribution >= 4 is 39.2 Å². The van der Waals surface area contributed by atoms with E-state index in [1.54, 1.807) is 0 Å². The third kappa shape index (κ3) is 9.16. The Morgan fingerprint density at radius 1 is 0.702 bits per heavy atom. The number of hydrogen-bond acceptors (Lipinski definition) is 6. The molecule has 0 saturated heterocycles. The van der Waals surface area contributed by atoms with Gasteiger partial charge in [0.25, 0.3) is 0 Å². The first-order valence-corrected chi connectivity index (χ1v) is 32.7. The minimum absolute atomic E-state index is 0.0631. The van der Waals surface area contributed by atoms with E-state index in [4.69, 9.17) is 22.4 Å². The molecular formula is C37H74O6Si4. The summed E-state index contributed by atoms with van der Waals surface area (Å²) in [6, 6.07) is 0. The van der Waals surface area contributed by atoms with E-state index in [1.807, 2.05) is 0 Å². The Morgan fingerprint density at radius 2 is 1.21 bits per heavy atom. The van der Waals surface area contributed by atoms with Gasteiger partial charge in [0.05, 0.1) is 25.4 Å². The Balaban J connectivity index is 1.80. The third-order valence-electron chi connectivity index (χ3n) is 12.5. The van der Waals surface area contributed by atoms with E-state index in [2.05, 4.69) is 99.3 Å². The molecule has 47 heavy (non-hydrogen) atoms. The molecule has 0 aromatic rings. The fraction of sp³-hybridized carbons (Fsp3) is 0.973. The van der Waals surface area contributed by atoms with Crippen LogP contribution in [0.2, 0.25) is 78.6 Å². The summed E-state index contributed by atoms with van der Waals surface area (Å²) in [4.78, 5) is 12.2. The van der Waals surface area contributed by atoms with Crippen LogP contribution in [0.5, 0.6) is 0 Å². The van der Waals surface area contributed by atoms with Crippen molar-refractivity contribution in [3.8, 4) is 0 Å². The Kier molecular flexibility index (Phi) is 11.9. The quantitative estimate of drug-likeness (QED) is 0.147. The van der Waals surface area contributed by atoms with Crippen molar-refractivity contribution in [2.24, 2.45) is 46.3 Å². The molecule has 4 fully saturated rings. The monoisotopic (exact) mass is 726 g/mol. The molecule has 0 heterocycles. The van der Waals surface area contributed by atoms with Gasteiger partial charge in [0.1, 0.15) is 0 Å². The van der Waals surface area contributed by atoms with Gasteiger partial charge in [-0.25, -0.2) is 0 Å². The van der Waals surface area contributed by atoms with Crippen LogP contribution in [-0.2, 0) is 27.2 Å². The van der Waals surface area contributed by atoms with Crippen molar-refractivity contribution < 1.29 is 27.2 Å². The summed E-state index contributed by atoms with van der Waals surface area (Å²) in [6.45, 7) is 36.0. The number of ether oxygens (including phenoxy) is 1. The van der Waals surface area contributed by atoms with Crippen LogP contribution in [0.1, 0.15) is 72.1 Å². The number of hydrogen-bond donors (Lipinski definition) is 0. The SMILES string of the molecule is COC(=O)CC[C@@H](C)[C@H]1CCC2C3C(C[C@H](O[Si](C)(C)C)[C@@]21C)[C@@]1(C)C[C@H](O[Si](C)(C)C)[C@@H](O[Si](C)(C)C)C[C@H]1C[C@H]3O[Si](C)(C)C. The van der Waals surface area contributed by atoms with Gasteiger partial charge in [0, 0.05) is 12.5 Å². The highest BCUT2D eigenvalue weighted by Crippen LogP contribution is 2.70. The Labute approximate surface area is 294 Å². The van der Waals surface area contributed by atoms with Gasteiger partial charge >= 0.3 is 5.97 Å². The molecule has 4 rings (SSSR count). The Hall–Kier alpha value is 0.178. The zero-order valence-electron chi connectivity index (χ0n) is 33.4. The molecule has 0 N–H and O–H groups in total. The van der Waals surface area contributed by atoms with Crippen LogP contribution in [0, 0.1) is 46.3 Å². The fourth-order valence-corrected chi connectivity index (χ4v) is 15.7. The second-order valence-corrected chi connectivity index (χ2v) is 38.4. The van der Waals surface area contributed by atoms with E-state index < -0.39 is 33.3 Å². The zero-order valence-corrected chi connectivity index (χ0v) is 37.4. The van der Waals surface area contributed by atoms with Gasteiger partial charge in [-0.05, 0) is 170 Å². The predicted molar refractivity (Wildman–Crippen MR) is 205 cm³/mol. The van der Waals surface area contributed by atoms with Gasteiger partial charge in [-0.1, -0.05) is 20.8 Å². The van der Waals surface area contributed by atoms with Crippen molar-refractivity contribution in [3.05, 3.63) is 0 Å². The highest BCUT2D eigenvalue weighted by atomic mass is 28.4. The topological polar surface area (TPSA) is 63.2 Å². The summed E-state index contributed by atoms with van der Waals surface area (Å²) in [5, 5.41) is 0. The average Bonchev–Trinajstić information content (AvgIpc) is 3.23. The summed E-state index contributed by atoms with van der Waals surface area (Å²) in [5.74, 6) is 3.05. The van der Waals surface area contributed by atoms with Crippen LogP contribution in [0.15, 0.2) is 0 Å². The van der Waals surface area contributed by atoms with Crippen LogP contribution in [0.25, 0.3) is 0 Å². The number of methoxy groups -OCH3 is 1. The fourth-order valence-electron chi connectivity index (χ4n) is 11.1. The van der Waals surface area contributed by atoms with Crippen molar-refractivity contribution in [3.63, 3.8) is 0 Å². The van der Waals surface area contributed by atoms with Gasteiger partial charge in [0.2, 0.25) is 0 Å². The number of rotatable bonds is 12. The summed E-state index contributed by atoms with van der Waals surface area (Å²) < 4.78 is 33.9. The van der Waals surface area contributed by atoms with E-state index >= 15 is 0 Å². The van der Waals surface area contributed by atoms with Gasteiger partial charge in [-0.2, -0.15) is 0 Å². The maximum absolute atomic E-state index is 12.2. The normalized spacial score (nSPS) is 40.3. The lowest BCUT2D eigenvalue weighted by atomic mass is 9.43. The molecule has 4 aliphatic rings. The second-order valence-electron chi connectivity index (χ2n) is 20.6. The Morgan fingerprint density at radius 3 is 1.74 bits per heavy atom. The van der Waals surface area contributed by atoms with E-state index in [0.717, 1.165) is 32.1 Å². The molecule has 0 amide bonds. The standard InChI is InChI=1S/C37H74O6Si4/c1-25(17-20-34(38)39-4)27-18-19-28-35-29(23-33(37(27,28)3)43-47(14,15)16)36(2)24-32(42-46(11,12)13)30(40-44(5,6)7)21-26(36)22-31(35)41-45(8,9)10/h25-33,35H,17-24H2,1-16H3/t25-,26+,27-,28?,29?,30+,31-,32+,33+,35?,36+,37-/m1/s1. The largest absolute Gasteiger partial charge is 0.469 e. The first kappa shape index (κ1) is 40.0. The molecule has 0 radical (unpaired) electrons. The summed E-state index contributed by atoms with van der Waals surface area (Å²) >= 11 is 0. The highest BCUT2D eigenvalue weighted by Gasteiger charge is 2.68. The van der Waals surface area contributed by atoms with Crippen LogP contribution in [-0.4, -0.2) is 70.8 Å². The first-order valence-electron chi connectivity index (χ1n) is 19.1. The van der Waals surface area contributed by atoms with E-state index in [-0.39, 0.29) is 41.2 Å². The maximum Gasteiger partial charge on any atom is 0.305 e. The first-order chi connectivity index (χ1) is 21.3. The Bertz CT molecular complexity index is 1090. The second kappa shape index (κ2) is 14.0. The number of carbonyl (C=O) groups excluding carboxylic acids is 1. The van der Waals surface area contributed by atoms with Crippen LogP contribution in [0.3, 0.4) is 0 Å². The average molecular weight is 727 g/mol. The number of esters is 1. The molecule has 274 valence electrons. The molecule has 0 aromatic carbocycles. The number of carbonyl (C=O) groups is 1. The minimum Gasteiger partial charge on any atom is -0.469 e. The lowest BCUT2D eigenvalue weighted by Gasteiger charge is -2.66. The van der Waals surface area contributed by atoms with Gasteiger partial charge < -0.3 is 22.4 Å². The van der Waals surface area contributed by atoms with E-state index in [0.29, 0.717) is 41.9 Å². The van der Waals surface area contributed by atoms with E-state index in [9.17, 15) is 4.79 Å². The highest BCUT2D eigenvalue weighted by molar-refractivity contribution is 6.70. The predicted octanol–water partition coefficient (Wildman–Crippen LogP) is 9.94. The van der Waals surface area contributed by atoms with Crippen LogP contribution in [0.4, 0.5) is 0 Å². The molecular weight excluding hydrogens is 653 g/mol. The molecule has 0 aromatic heterocycles. The van der Waals surface area contributed by atoms with Crippen molar-refractivity contribution in [1.29, 1.82) is 0 Å². The van der Waals surface area contributed by atoms with E-state index in [1.165, 1.54) is 20.0 Å². The minimum atomic E-state index is -1.85. The number of fused-ring (bicyclic) bond motifs is 5. The molecule has 0 bridgehead atoms. The maximum atomic E-state index is 12.2. The van der Waals surface area contributed by atoms with Crippen LogP contribution >= 0.6 is 0 Å². The molecule has 12 atom stereocenters. The van der Waals surface area contributed by atoms with Gasteiger partial charge in [-0.3, -0.25) is 4.79 Å². The molecule has 0 aliphatic heterocycles. The van der Waals surface area contributed by atoms with Crippen molar-refractivity contribution in [2.75, 3.05) is 7.11 Å². The summed E-state index contributed by atoms with van der Waals surface area (Å²) in [6.07, 6.45) is 9.09. The lowest BCUT2D eigenvalue weighted by molar-refractivity contribution is -0.211. The molecule has 4 aliphatic carbocycles. The smallest absolute Gasteiger partial charge is 0.305 e. The van der Waals surface area contributed by atoms with Crippen LogP contribution < -0.4 is 0 Å². The lowest BCUT2D eigenvalue weighted by Crippen LogP contribution is -2.66. The third-order valence-corrected chi connectivity index (χ3v) is 16.5. The molecule has 4 saturated carbocycles. The molecule has 3 unspecified atom stereocenters. The van der Waals surface area contributed by atoms with Gasteiger partial charge in [0.15, 0.2) is 33.3 Å². The van der Waals surface area contributed by atoms with Crippen molar-refractivity contribution in [2.45, 2.75) is 175 Å². The summed E-state index contributed by atoms with van der Waals surface area (Å²) in [5.41, 5.74) is 0.220. The molecule has 10 heteroatoms. The zero-order chi connectivity index (χ0) is 35.5. The summed E-state index contributed by atoms with van der Waals surface area (Å²) in [7, 11) is -5.72. The molecule has 6 nitrogen and oxygen atoms in total. The molecule has 0 spiro atoms. The van der Waals surface area contributed by atoms with Gasteiger partial charge in [-0.15, -0.1) is 0 Å². The van der Waals surface area contributed by atoms with Crippen molar-refractivity contribution in [1.82, 2.24) is 0 Å².